The van der Waals surface area contributed by atoms with Crippen LogP contribution in [0.2, 0.25) is 0 Å². The Kier molecular flexibility index (Phi) is 4.99. The predicted molar refractivity (Wildman–Crippen MR) is 64.9 cm³/mol. The molecule has 0 aliphatic carbocycles. The van der Waals surface area contributed by atoms with Gasteiger partial charge in [-0.05, 0) is 12.8 Å². The van der Waals surface area contributed by atoms with Crippen LogP contribution in [0.15, 0.2) is 24.8 Å². The van der Waals surface area contributed by atoms with Crippen LogP contribution in [0, 0.1) is 15.9 Å². The van der Waals surface area contributed by atoms with Crippen molar-refractivity contribution in [2.45, 2.75) is 12.8 Å². The van der Waals surface area contributed by atoms with E-state index in [4.69, 9.17) is 9.84 Å². The first-order valence-corrected chi connectivity index (χ1v) is 5.42. The monoisotopic (exact) mass is 269 g/mol. The fraction of sp³-hybridized carbons (Fsp3) is 0.250. The van der Waals surface area contributed by atoms with Crippen molar-refractivity contribution in [2.75, 3.05) is 6.61 Å². The largest absolute Gasteiger partial charge is 0.487 e. The standard InChI is InChI=1S/C12H12FNO5/c1-2-3-4-5-19-11-7-9(13)8(12(15)16)6-10(11)14(17)18/h2,6-7H,1,3-5H2,(H,15,16). The Morgan fingerprint density at radius 2 is 2.26 bits per heavy atom. The minimum atomic E-state index is -1.57. The third-order valence-corrected chi connectivity index (χ3v) is 2.29. The first kappa shape index (κ1) is 14.6. The summed E-state index contributed by atoms with van der Waals surface area (Å²) in [6, 6.07) is 1.37. The number of ether oxygens (including phenoxy) is 1. The van der Waals surface area contributed by atoms with Crippen molar-refractivity contribution in [1.29, 1.82) is 0 Å². The zero-order valence-corrected chi connectivity index (χ0v) is 9.97. The number of benzene rings is 1. The Morgan fingerprint density at radius 3 is 2.79 bits per heavy atom. The van der Waals surface area contributed by atoms with Gasteiger partial charge in [0.15, 0.2) is 5.75 Å². The minimum Gasteiger partial charge on any atom is -0.487 e. The first-order chi connectivity index (χ1) is 8.97. The summed E-state index contributed by atoms with van der Waals surface area (Å²) in [7, 11) is 0. The van der Waals surface area contributed by atoms with Crippen molar-refractivity contribution in [3.05, 3.63) is 46.3 Å². The summed E-state index contributed by atoms with van der Waals surface area (Å²) < 4.78 is 18.5. The van der Waals surface area contributed by atoms with Crippen LogP contribution in [0.5, 0.6) is 5.75 Å². The van der Waals surface area contributed by atoms with E-state index in [9.17, 15) is 19.3 Å². The molecule has 6 nitrogen and oxygen atoms in total. The average molecular weight is 269 g/mol. The molecule has 0 aromatic heterocycles. The molecule has 0 amide bonds. The quantitative estimate of drug-likeness (QED) is 0.356. The number of carbonyl (C=O) groups is 1. The maximum atomic E-state index is 13.4. The molecular weight excluding hydrogens is 257 g/mol. The SMILES string of the molecule is C=CCCCOc1cc(F)c(C(=O)O)cc1[N+](=O)[O-]. The van der Waals surface area contributed by atoms with Crippen LogP contribution in [0.25, 0.3) is 0 Å². The lowest BCUT2D eigenvalue weighted by molar-refractivity contribution is -0.386. The Morgan fingerprint density at radius 1 is 1.58 bits per heavy atom. The number of nitrogens with zero attached hydrogens (tertiary/aromatic N) is 1. The molecule has 1 aromatic rings. The number of allylic oxidation sites excluding steroid dienone is 1. The lowest BCUT2D eigenvalue weighted by Gasteiger charge is -2.07. The van der Waals surface area contributed by atoms with Gasteiger partial charge in [-0.25, -0.2) is 9.18 Å². The van der Waals surface area contributed by atoms with Gasteiger partial charge in [-0.2, -0.15) is 0 Å². The predicted octanol–water partition coefficient (Wildman–Crippen LogP) is 2.78. The molecule has 0 atom stereocenters. The van der Waals surface area contributed by atoms with Crippen molar-refractivity contribution in [2.24, 2.45) is 0 Å². The third-order valence-electron chi connectivity index (χ3n) is 2.29. The number of rotatable bonds is 7. The van der Waals surface area contributed by atoms with Crippen LogP contribution in [0.4, 0.5) is 10.1 Å². The number of unbranched alkanes of at least 4 members (excludes halogenated alkanes) is 1. The number of hydrogen-bond donors (Lipinski definition) is 1. The molecule has 0 fully saturated rings. The van der Waals surface area contributed by atoms with E-state index >= 15 is 0 Å². The van der Waals surface area contributed by atoms with Crippen molar-refractivity contribution < 1.29 is 24.0 Å². The normalized spacial score (nSPS) is 9.95. The Balaban J connectivity index is 3.02. The molecular formula is C12H12FNO5. The molecule has 0 unspecified atom stereocenters. The molecule has 1 rings (SSSR count). The van der Waals surface area contributed by atoms with Crippen LogP contribution in [-0.2, 0) is 0 Å². The summed E-state index contributed by atoms with van der Waals surface area (Å²) in [4.78, 5) is 20.7. The number of hydrogen-bond acceptors (Lipinski definition) is 4. The van der Waals surface area contributed by atoms with Crippen molar-refractivity contribution in [3.8, 4) is 5.75 Å². The number of carboxylic acid groups (broad SMARTS) is 1. The highest BCUT2D eigenvalue weighted by Gasteiger charge is 2.22. The second kappa shape index (κ2) is 6.48. The molecule has 0 saturated carbocycles. The molecule has 1 aromatic carbocycles. The molecule has 102 valence electrons. The van der Waals surface area contributed by atoms with Crippen LogP contribution in [0.1, 0.15) is 23.2 Å². The Labute approximate surface area is 108 Å². The Bertz CT molecular complexity index is 515. The molecule has 0 bridgehead atoms. The van der Waals surface area contributed by atoms with E-state index in [0.717, 1.165) is 6.07 Å². The van der Waals surface area contributed by atoms with E-state index in [0.29, 0.717) is 18.9 Å². The molecule has 0 spiro atoms. The number of carboxylic acids is 1. The van der Waals surface area contributed by atoms with Crippen LogP contribution < -0.4 is 4.74 Å². The summed E-state index contributed by atoms with van der Waals surface area (Å²) in [5, 5.41) is 19.5. The summed E-state index contributed by atoms with van der Waals surface area (Å²) >= 11 is 0. The molecule has 0 saturated heterocycles. The molecule has 7 heteroatoms. The van der Waals surface area contributed by atoms with Gasteiger partial charge in [0.2, 0.25) is 0 Å². The molecule has 0 aliphatic rings. The lowest BCUT2D eigenvalue weighted by Crippen LogP contribution is -2.06. The van der Waals surface area contributed by atoms with E-state index in [1.54, 1.807) is 6.08 Å². The van der Waals surface area contributed by atoms with E-state index in [2.05, 4.69) is 6.58 Å². The molecule has 1 N–H and O–H groups in total. The van der Waals surface area contributed by atoms with Gasteiger partial charge in [0.05, 0.1) is 11.5 Å². The minimum absolute atomic E-state index is 0.152. The van der Waals surface area contributed by atoms with Gasteiger partial charge in [0.1, 0.15) is 11.4 Å². The summed E-state index contributed by atoms with van der Waals surface area (Å²) in [6.45, 7) is 3.66. The fourth-order valence-corrected chi connectivity index (χ4v) is 1.38. The van der Waals surface area contributed by atoms with Crippen LogP contribution >= 0.6 is 0 Å². The molecule has 0 aliphatic heterocycles. The molecule has 0 heterocycles. The third kappa shape index (κ3) is 3.77. The van der Waals surface area contributed by atoms with Gasteiger partial charge in [-0.15, -0.1) is 6.58 Å². The van der Waals surface area contributed by atoms with Crippen molar-refractivity contribution >= 4 is 11.7 Å². The van der Waals surface area contributed by atoms with Gasteiger partial charge < -0.3 is 9.84 Å². The second-order valence-electron chi connectivity index (χ2n) is 3.64. The Hall–Kier alpha value is -2.44. The highest BCUT2D eigenvalue weighted by Crippen LogP contribution is 2.30. The lowest BCUT2D eigenvalue weighted by atomic mass is 10.1. The van der Waals surface area contributed by atoms with E-state index < -0.39 is 28.0 Å². The van der Waals surface area contributed by atoms with Gasteiger partial charge in [0.25, 0.3) is 0 Å². The number of nitro benzene ring substituents is 1. The zero-order valence-electron chi connectivity index (χ0n) is 9.97. The first-order valence-electron chi connectivity index (χ1n) is 5.42. The maximum absolute atomic E-state index is 13.4. The smallest absolute Gasteiger partial charge is 0.338 e. The van der Waals surface area contributed by atoms with Gasteiger partial charge in [-0.3, -0.25) is 10.1 Å². The highest BCUT2D eigenvalue weighted by molar-refractivity contribution is 5.89. The number of nitro groups is 1. The number of halogens is 1. The summed E-state index contributed by atoms with van der Waals surface area (Å²) in [5.74, 6) is -2.92. The zero-order chi connectivity index (χ0) is 14.4. The van der Waals surface area contributed by atoms with Crippen LogP contribution in [-0.4, -0.2) is 22.6 Å². The van der Waals surface area contributed by atoms with Crippen molar-refractivity contribution in [1.82, 2.24) is 0 Å². The van der Waals surface area contributed by atoms with Gasteiger partial charge in [0, 0.05) is 12.1 Å². The van der Waals surface area contributed by atoms with E-state index in [1.165, 1.54) is 0 Å². The fourth-order valence-electron chi connectivity index (χ4n) is 1.38. The second-order valence-corrected chi connectivity index (χ2v) is 3.64. The van der Waals surface area contributed by atoms with Gasteiger partial charge >= 0.3 is 11.7 Å². The van der Waals surface area contributed by atoms with E-state index in [-0.39, 0.29) is 12.4 Å². The summed E-state index contributed by atoms with van der Waals surface area (Å²) in [6.07, 6.45) is 2.89. The van der Waals surface area contributed by atoms with Crippen LogP contribution in [0.3, 0.4) is 0 Å². The summed E-state index contributed by atoms with van der Waals surface area (Å²) in [5.41, 5.74) is -1.33. The van der Waals surface area contributed by atoms with Crippen molar-refractivity contribution in [3.63, 3.8) is 0 Å². The molecule has 0 radical (unpaired) electrons. The van der Waals surface area contributed by atoms with E-state index in [1.807, 2.05) is 0 Å². The molecule has 19 heavy (non-hydrogen) atoms. The maximum Gasteiger partial charge on any atom is 0.338 e. The topological polar surface area (TPSA) is 89.7 Å². The average Bonchev–Trinajstić information content (AvgIpc) is 2.33. The highest BCUT2D eigenvalue weighted by atomic mass is 19.1. The van der Waals surface area contributed by atoms with Gasteiger partial charge in [-0.1, -0.05) is 6.08 Å². The number of aromatic carboxylic acids is 1.